The first kappa shape index (κ1) is 17.0. The molecule has 0 amide bonds. The van der Waals surface area contributed by atoms with E-state index < -0.39 is 6.10 Å². The van der Waals surface area contributed by atoms with Crippen LogP contribution in [0.4, 0.5) is 11.4 Å². The number of hydrogen-bond acceptors (Lipinski definition) is 5. The molecule has 6 heteroatoms. The number of nitro groups is 1. The van der Waals surface area contributed by atoms with Gasteiger partial charge in [-0.25, -0.2) is 0 Å². The van der Waals surface area contributed by atoms with Crippen LogP contribution in [0.3, 0.4) is 0 Å². The predicted octanol–water partition coefficient (Wildman–Crippen LogP) is 2.25. The van der Waals surface area contributed by atoms with Crippen LogP contribution in [0.15, 0.2) is 48.5 Å². The minimum absolute atomic E-state index is 0.0851. The highest BCUT2D eigenvalue weighted by Gasteiger charge is 2.33. The first-order valence-corrected chi connectivity index (χ1v) is 9.10. The zero-order valence-corrected chi connectivity index (χ0v) is 14.6. The minimum Gasteiger partial charge on any atom is -0.391 e. The van der Waals surface area contributed by atoms with Gasteiger partial charge in [-0.2, -0.15) is 0 Å². The summed E-state index contributed by atoms with van der Waals surface area (Å²) in [5.41, 5.74) is 3.38. The third-order valence-corrected chi connectivity index (χ3v) is 5.61. The molecule has 0 saturated carbocycles. The van der Waals surface area contributed by atoms with Gasteiger partial charge in [0.05, 0.1) is 11.0 Å². The van der Waals surface area contributed by atoms with Crippen molar-refractivity contribution in [1.29, 1.82) is 0 Å². The topological polar surface area (TPSA) is 69.8 Å². The van der Waals surface area contributed by atoms with E-state index in [1.807, 2.05) is 12.1 Å². The van der Waals surface area contributed by atoms with Gasteiger partial charge < -0.3 is 10.0 Å². The highest BCUT2D eigenvalue weighted by Crippen LogP contribution is 2.29. The van der Waals surface area contributed by atoms with Gasteiger partial charge in [0.25, 0.3) is 5.69 Å². The molecule has 1 heterocycles. The second-order valence-electron chi connectivity index (χ2n) is 7.11. The number of hydrogen-bond donors (Lipinski definition) is 1. The highest BCUT2D eigenvalue weighted by molar-refractivity contribution is 5.46. The summed E-state index contributed by atoms with van der Waals surface area (Å²) >= 11 is 0. The van der Waals surface area contributed by atoms with Gasteiger partial charge in [-0.1, -0.05) is 24.3 Å². The Morgan fingerprint density at radius 3 is 2.38 bits per heavy atom. The van der Waals surface area contributed by atoms with Crippen molar-refractivity contribution in [2.24, 2.45) is 0 Å². The third-order valence-electron chi connectivity index (χ3n) is 5.61. The molecule has 1 aliphatic heterocycles. The number of rotatable bonds is 3. The molecule has 1 N–H and O–H groups in total. The van der Waals surface area contributed by atoms with E-state index in [-0.39, 0.29) is 16.7 Å². The lowest BCUT2D eigenvalue weighted by Crippen LogP contribution is -2.56. The molecule has 2 aliphatic rings. The predicted molar refractivity (Wildman–Crippen MR) is 101 cm³/mol. The zero-order chi connectivity index (χ0) is 18.1. The SMILES string of the molecule is O=[N+]([O-])c1ccc2c(c1)CC(O)C(N1CCN(c3ccccc3)CC1)C2. The van der Waals surface area contributed by atoms with Gasteiger partial charge in [0.1, 0.15) is 0 Å². The molecule has 26 heavy (non-hydrogen) atoms. The Kier molecular flexibility index (Phi) is 4.61. The van der Waals surface area contributed by atoms with Crippen molar-refractivity contribution in [3.63, 3.8) is 0 Å². The first-order chi connectivity index (χ1) is 12.6. The summed E-state index contributed by atoms with van der Waals surface area (Å²) in [4.78, 5) is 15.3. The maximum atomic E-state index is 11.0. The van der Waals surface area contributed by atoms with Gasteiger partial charge in [0.15, 0.2) is 0 Å². The summed E-state index contributed by atoms with van der Waals surface area (Å²) in [6, 6.07) is 15.5. The number of fused-ring (bicyclic) bond motifs is 1. The average molecular weight is 353 g/mol. The Bertz CT molecular complexity index is 788. The van der Waals surface area contributed by atoms with Crippen molar-refractivity contribution in [2.75, 3.05) is 31.1 Å². The second-order valence-corrected chi connectivity index (χ2v) is 7.11. The normalized spacial score (nSPS) is 23.5. The van der Waals surface area contributed by atoms with Crippen molar-refractivity contribution >= 4 is 11.4 Å². The molecule has 0 spiro atoms. The maximum Gasteiger partial charge on any atom is 0.269 e. The molecular weight excluding hydrogens is 330 g/mol. The monoisotopic (exact) mass is 353 g/mol. The zero-order valence-electron chi connectivity index (χ0n) is 14.6. The van der Waals surface area contributed by atoms with Crippen LogP contribution >= 0.6 is 0 Å². The van der Waals surface area contributed by atoms with Crippen molar-refractivity contribution in [3.8, 4) is 0 Å². The standard InChI is InChI=1S/C20H23N3O3/c24-20-14-16-12-18(23(25)26)7-6-15(16)13-19(20)22-10-8-21(9-11-22)17-4-2-1-3-5-17/h1-7,12,19-20,24H,8-11,13-14H2. The summed E-state index contributed by atoms with van der Waals surface area (Å²) in [5.74, 6) is 0. The number of anilines is 1. The van der Waals surface area contributed by atoms with E-state index in [2.05, 4.69) is 34.1 Å². The minimum atomic E-state index is -0.479. The lowest BCUT2D eigenvalue weighted by molar-refractivity contribution is -0.384. The Balaban J connectivity index is 1.44. The smallest absolute Gasteiger partial charge is 0.269 e. The first-order valence-electron chi connectivity index (χ1n) is 9.10. The lowest BCUT2D eigenvalue weighted by Gasteiger charge is -2.43. The summed E-state index contributed by atoms with van der Waals surface area (Å²) in [6.07, 6.45) is 0.758. The summed E-state index contributed by atoms with van der Waals surface area (Å²) < 4.78 is 0. The van der Waals surface area contributed by atoms with Crippen LogP contribution in [-0.2, 0) is 12.8 Å². The molecule has 1 aliphatic carbocycles. The van der Waals surface area contributed by atoms with Crippen molar-refractivity contribution < 1.29 is 10.0 Å². The highest BCUT2D eigenvalue weighted by atomic mass is 16.6. The fraction of sp³-hybridized carbons (Fsp3) is 0.400. The maximum absolute atomic E-state index is 11.0. The molecule has 6 nitrogen and oxygen atoms in total. The van der Waals surface area contributed by atoms with E-state index in [9.17, 15) is 15.2 Å². The van der Waals surface area contributed by atoms with E-state index in [4.69, 9.17) is 0 Å². The van der Waals surface area contributed by atoms with E-state index in [1.54, 1.807) is 12.1 Å². The summed E-state index contributed by atoms with van der Waals surface area (Å²) in [5, 5.41) is 21.6. The van der Waals surface area contributed by atoms with E-state index in [1.165, 1.54) is 5.69 Å². The van der Waals surface area contributed by atoms with Crippen molar-refractivity contribution in [2.45, 2.75) is 25.0 Å². The molecule has 136 valence electrons. The van der Waals surface area contributed by atoms with Crippen molar-refractivity contribution in [3.05, 3.63) is 69.8 Å². The van der Waals surface area contributed by atoms with Gasteiger partial charge in [-0.05, 0) is 29.7 Å². The number of piperazine rings is 1. The Labute approximate surface area is 152 Å². The molecule has 1 fully saturated rings. The number of non-ortho nitro benzene ring substituents is 1. The Morgan fingerprint density at radius 2 is 1.69 bits per heavy atom. The van der Waals surface area contributed by atoms with Crippen LogP contribution in [0.1, 0.15) is 11.1 Å². The number of aliphatic hydroxyl groups excluding tert-OH is 1. The van der Waals surface area contributed by atoms with Crippen LogP contribution in [0, 0.1) is 10.1 Å². The fourth-order valence-electron chi connectivity index (χ4n) is 4.16. The average Bonchev–Trinajstić information content (AvgIpc) is 2.68. The molecule has 0 aromatic heterocycles. The molecule has 1 saturated heterocycles. The van der Waals surface area contributed by atoms with Crippen LogP contribution < -0.4 is 4.90 Å². The van der Waals surface area contributed by atoms with Crippen molar-refractivity contribution in [1.82, 2.24) is 4.90 Å². The van der Waals surface area contributed by atoms with E-state index in [0.717, 1.165) is 43.7 Å². The molecule has 2 aromatic rings. The van der Waals surface area contributed by atoms with Gasteiger partial charge in [0, 0.05) is 56.5 Å². The molecule has 0 bridgehead atoms. The molecule has 4 rings (SSSR count). The molecule has 2 unspecified atom stereocenters. The molecule has 0 radical (unpaired) electrons. The summed E-state index contributed by atoms with van der Waals surface area (Å²) in [6.45, 7) is 3.72. The van der Waals surface area contributed by atoms with Gasteiger partial charge in [-0.3, -0.25) is 15.0 Å². The summed E-state index contributed by atoms with van der Waals surface area (Å²) in [7, 11) is 0. The Morgan fingerprint density at radius 1 is 0.962 bits per heavy atom. The third kappa shape index (κ3) is 3.30. The molecular formula is C20H23N3O3. The number of aliphatic hydroxyl groups is 1. The Hall–Kier alpha value is -2.44. The van der Waals surface area contributed by atoms with Crippen LogP contribution in [0.5, 0.6) is 0 Å². The van der Waals surface area contributed by atoms with Gasteiger partial charge in [0.2, 0.25) is 0 Å². The number of benzene rings is 2. The van der Waals surface area contributed by atoms with Crippen LogP contribution in [0.25, 0.3) is 0 Å². The second kappa shape index (κ2) is 7.05. The van der Waals surface area contributed by atoms with E-state index in [0.29, 0.717) is 6.42 Å². The fourth-order valence-corrected chi connectivity index (χ4v) is 4.16. The largest absolute Gasteiger partial charge is 0.391 e. The number of nitrogens with zero attached hydrogens (tertiary/aromatic N) is 3. The molecule has 2 aromatic carbocycles. The number of para-hydroxylation sites is 1. The number of nitro benzene ring substituents is 1. The quantitative estimate of drug-likeness (QED) is 0.677. The van der Waals surface area contributed by atoms with Gasteiger partial charge >= 0.3 is 0 Å². The van der Waals surface area contributed by atoms with Gasteiger partial charge in [-0.15, -0.1) is 0 Å². The van der Waals surface area contributed by atoms with E-state index >= 15 is 0 Å². The van der Waals surface area contributed by atoms with Crippen LogP contribution in [-0.4, -0.2) is 53.3 Å². The van der Waals surface area contributed by atoms with Crippen LogP contribution in [0.2, 0.25) is 0 Å². The lowest BCUT2D eigenvalue weighted by atomic mass is 9.85. The molecule has 2 atom stereocenters.